The molecule has 1 aliphatic rings. The third-order valence-electron chi connectivity index (χ3n) is 1.89. The van der Waals surface area contributed by atoms with Gasteiger partial charge in [0.2, 0.25) is 0 Å². The molecule has 0 amide bonds. The summed E-state index contributed by atoms with van der Waals surface area (Å²) in [7, 11) is 1.77. The zero-order valence-electron chi connectivity index (χ0n) is 5.39. The Hall–Kier alpha value is -0.0800. The summed E-state index contributed by atoms with van der Waals surface area (Å²) >= 11 is 0. The van der Waals surface area contributed by atoms with Crippen LogP contribution < -0.4 is 5.73 Å². The van der Waals surface area contributed by atoms with Gasteiger partial charge in [-0.1, -0.05) is 0 Å². The minimum absolute atomic E-state index is 0.454. The average Bonchev–Trinajstić information content (AvgIpc) is 2.14. The topological polar surface area (TPSA) is 36.9 Å². The summed E-state index contributed by atoms with van der Waals surface area (Å²) in [5.41, 5.74) is 3.96. The molecule has 0 aromatic rings. The summed E-state index contributed by atoms with van der Waals surface area (Å²) < 4.78 is 5.16. The van der Waals surface area contributed by atoms with E-state index < -0.39 is 0 Å². The summed E-state index contributed by atoms with van der Waals surface area (Å²) in [4.78, 5) is 0. The van der Waals surface area contributed by atoms with Crippen molar-refractivity contribution in [3.8, 4) is 0 Å². The monoisotopic (exact) mass is 116 g/mol. The molecule has 0 heterocycles. The van der Waals surface area contributed by atoms with Crippen molar-refractivity contribution >= 4 is 0 Å². The first-order chi connectivity index (χ1) is 3.84. The van der Waals surface area contributed by atoms with Gasteiger partial charge in [0.15, 0.2) is 0 Å². The number of hydrogen-bond acceptors (Lipinski definition) is 1. The van der Waals surface area contributed by atoms with Crippen LogP contribution in [0.5, 0.6) is 0 Å². The van der Waals surface area contributed by atoms with E-state index in [1.165, 1.54) is 19.3 Å². The molecule has 0 bridgehead atoms. The van der Waals surface area contributed by atoms with E-state index in [1.807, 2.05) is 0 Å². The van der Waals surface area contributed by atoms with E-state index in [1.54, 1.807) is 7.11 Å². The predicted octanol–water partition coefficient (Wildman–Crippen LogP) is -0.204. The highest BCUT2D eigenvalue weighted by atomic mass is 16.5. The van der Waals surface area contributed by atoms with Crippen LogP contribution in [0.3, 0.4) is 0 Å². The van der Waals surface area contributed by atoms with E-state index in [2.05, 4.69) is 5.73 Å². The summed E-state index contributed by atoms with van der Waals surface area (Å²) in [6, 6.07) is 0.556. The van der Waals surface area contributed by atoms with Crippen LogP contribution in [0, 0.1) is 0 Å². The lowest BCUT2D eigenvalue weighted by atomic mass is 10.2. The van der Waals surface area contributed by atoms with Crippen molar-refractivity contribution < 1.29 is 10.5 Å². The molecule has 1 rings (SSSR count). The van der Waals surface area contributed by atoms with Crippen LogP contribution in [0.4, 0.5) is 0 Å². The molecule has 0 spiro atoms. The Labute approximate surface area is 50.0 Å². The molecule has 2 heteroatoms. The van der Waals surface area contributed by atoms with Crippen LogP contribution in [-0.4, -0.2) is 19.3 Å². The largest absolute Gasteiger partial charge is 0.375 e. The van der Waals surface area contributed by atoms with Crippen LogP contribution in [-0.2, 0) is 4.74 Å². The lowest BCUT2D eigenvalue weighted by Crippen LogP contribution is -2.64. The highest BCUT2D eigenvalue weighted by Gasteiger charge is 2.26. The van der Waals surface area contributed by atoms with Crippen LogP contribution in [0.1, 0.15) is 19.3 Å². The first-order valence-electron chi connectivity index (χ1n) is 3.20. The predicted molar refractivity (Wildman–Crippen MR) is 31.3 cm³/mol. The van der Waals surface area contributed by atoms with Gasteiger partial charge in [0.05, 0.1) is 0 Å². The van der Waals surface area contributed by atoms with Crippen LogP contribution in [0.25, 0.3) is 0 Å². The fraction of sp³-hybridized carbons (Fsp3) is 1.00. The fourth-order valence-corrected chi connectivity index (χ4v) is 1.31. The molecular weight excluding hydrogens is 102 g/mol. The molecule has 1 aliphatic carbocycles. The SMILES string of the molecule is COC1CCCC1[NH3+]. The molecule has 0 aromatic carbocycles. The summed E-state index contributed by atoms with van der Waals surface area (Å²) in [6.45, 7) is 0. The Balaban J connectivity index is 2.30. The van der Waals surface area contributed by atoms with Gasteiger partial charge in [0.1, 0.15) is 12.1 Å². The molecule has 2 nitrogen and oxygen atoms in total. The maximum absolute atomic E-state index is 5.16. The molecule has 48 valence electrons. The van der Waals surface area contributed by atoms with Crippen molar-refractivity contribution in [3.05, 3.63) is 0 Å². The smallest absolute Gasteiger partial charge is 0.111 e. The Morgan fingerprint density at radius 1 is 1.50 bits per heavy atom. The molecule has 2 atom stereocenters. The number of methoxy groups -OCH3 is 1. The van der Waals surface area contributed by atoms with E-state index in [-0.39, 0.29) is 0 Å². The van der Waals surface area contributed by atoms with Crippen molar-refractivity contribution in [2.45, 2.75) is 31.4 Å². The highest BCUT2D eigenvalue weighted by Crippen LogP contribution is 2.17. The van der Waals surface area contributed by atoms with Crippen LogP contribution in [0.2, 0.25) is 0 Å². The van der Waals surface area contributed by atoms with E-state index in [9.17, 15) is 0 Å². The standard InChI is InChI=1S/C6H13NO/c1-8-6-4-2-3-5(6)7/h5-6H,2-4,7H2,1H3/p+1. The zero-order valence-corrected chi connectivity index (χ0v) is 5.39. The van der Waals surface area contributed by atoms with Gasteiger partial charge in [-0.25, -0.2) is 0 Å². The molecule has 8 heavy (non-hydrogen) atoms. The Kier molecular flexibility index (Phi) is 1.86. The first kappa shape index (κ1) is 6.05. The van der Waals surface area contributed by atoms with Gasteiger partial charge in [-0.05, 0) is 12.8 Å². The average molecular weight is 116 g/mol. The second-order valence-corrected chi connectivity index (χ2v) is 2.47. The van der Waals surface area contributed by atoms with E-state index in [0.29, 0.717) is 12.1 Å². The normalized spacial score (nSPS) is 38.2. The molecule has 3 N–H and O–H groups in total. The van der Waals surface area contributed by atoms with Crippen molar-refractivity contribution in [2.75, 3.05) is 7.11 Å². The molecular formula is C6H14NO+. The van der Waals surface area contributed by atoms with Gasteiger partial charge in [-0.2, -0.15) is 0 Å². The van der Waals surface area contributed by atoms with Crippen molar-refractivity contribution in [2.24, 2.45) is 0 Å². The van der Waals surface area contributed by atoms with Crippen molar-refractivity contribution in [1.29, 1.82) is 0 Å². The lowest BCUT2D eigenvalue weighted by Gasteiger charge is -2.08. The molecule has 0 saturated heterocycles. The molecule has 0 radical (unpaired) electrons. The van der Waals surface area contributed by atoms with Crippen molar-refractivity contribution in [1.82, 2.24) is 0 Å². The summed E-state index contributed by atoms with van der Waals surface area (Å²) in [6.07, 6.45) is 4.21. The Morgan fingerprint density at radius 3 is 2.50 bits per heavy atom. The minimum Gasteiger partial charge on any atom is -0.375 e. The number of rotatable bonds is 1. The minimum atomic E-state index is 0.454. The lowest BCUT2D eigenvalue weighted by molar-refractivity contribution is -0.433. The Bertz CT molecular complexity index is 74.9. The van der Waals surface area contributed by atoms with Gasteiger partial charge < -0.3 is 10.5 Å². The quantitative estimate of drug-likeness (QED) is 0.506. The Morgan fingerprint density at radius 2 is 2.25 bits per heavy atom. The molecule has 0 aliphatic heterocycles. The van der Waals surface area contributed by atoms with Gasteiger partial charge in [-0.3, -0.25) is 0 Å². The fourth-order valence-electron chi connectivity index (χ4n) is 1.31. The molecule has 1 saturated carbocycles. The molecule has 0 aromatic heterocycles. The van der Waals surface area contributed by atoms with Crippen molar-refractivity contribution in [3.63, 3.8) is 0 Å². The van der Waals surface area contributed by atoms with E-state index in [4.69, 9.17) is 4.74 Å². The number of hydrogen-bond donors (Lipinski definition) is 1. The first-order valence-corrected chi connectivity index (χ1v) is 3.20. The second kappa shape index (κ2) is 2.46. The maximum atomic E-state index is 5.16. The van der Waals surface area contributed by atoms with E-state index >= 15 is 0 Å². The summed E-state index contributed by atoms with van der Waals surface area (Å²) in [5.74, 6) is 0. The third kappa shape index (κ3) is 1.01. The zero-order chi connectivity index (χ0) is 5.98. The molecule has 2 unspecified atom stereocenters. The maximum Gasteiger partial charge on any atom is 0.111 e. The molecule has 1 fully saturated rings. The van der Waals surface area contributed by atoms with E-state index in [0.717, 1.165) is 0 Å². The number of quaternary nitrogens is 1. The highest BCUT2D eigenvalue weighted by molar-refractivity contribution is 4.74. The second-order valence-electron chi connectivity index (χ2n) is 2.47. The van der Waals surface area contributed by atoms with Gasteiger partial charge in [0.25, 0.3) is 0 Å². The van der Waals surface area contributed by atoms with Crippen LogP contribution >= 0.6 is 0 Å². The van der Waals surface area contributed by atoms with Crippen LogP contribution in [0.15, 0.2) is 0 Å². The van der Waals surface area contributed by atoms with Gasteiger partial charge in [-0.15, -0.1) is 0 Å². The number of ether oxygens (including phenoxy) is 1. The van der Waals surface area contributed by atoms with Gasteiger partial charge >= 0.3 is 0 Å². The third-order valence-corrected chi connectivity index (χ3v) is 1.89. The summed E-state index contributed by atoms with van der Waals surface area (Å²) in [5, 5.41) is 0. The van der Waals surface area contributed by atoms with Gasteiger partial charge in [0, 0.05) is 13.5 Å².